The van der Waals surface area contributed by atoms with Gasteiger partial charge in [-0.3, -0.25) is 0 Å². The lowest BCUT2D eigenvalue weighted by Gasteiger charge is -2.13. The first-order valence-electron chi connectivity index (χ1n) is 5.27. The second kappa shape index (κ2) is 4.73. The van der Waals surface area contributed by atoms with Gasteiger partial charge in [0.2, 0.25) is 5.88 Å². The first-order chi connectivity index (χ1) is 8.20. The summed E-state index contributed by atoms with van der Waals surface area (Å²) in [6.07, 6.45) is 3.50. The summed E-state index contributed by atoms with van der Waals surface area (Å²) in [6, 6.07) is 3.59. The molecule has 0 amide bonds. The summed E-state index contributed by atoms with van der Waals surface area (Å²) in [6.45, 7) is 1.99. The number of pyridine rings is 1. The summed E-state index contributed by atoms with van der Waals surface area (Å²) in [5, 5.41) is 3.21. The van der Waals surface area contributed by atoms with Crippen LogP contribution in [0.15, 0.2) is 24.5 Å². The molecule has 1 unspecified atom stereocenters. The summed E-state index contributed by atoms with van der Waals surface area (Å²) in [4.78, 5) is 11.5. The average molecular weight is 233 g/mol. The topological polar surface area (TPSA) is 88.8 Å². The van der Waals surface area contributed by atoms with Crippen LogP contribution in [0.5, 0.6) is 5.88 Å². The number of methoxy groups -OCH3 is 1. The number of nitrogens with zero attached hydrogens (tertiary/aromatic N) is 2. The van der Waals surface area contributed by atoms with E-state index < -0.39 is 0 Å². The summed E-state index contributed by atoms with van der Waals surface area (Å²) in [5.41, 5.74) is 6.21. The van der Waals surface area contributed by atoms with Gasteiger partial charge in [0.1, 0.15) is 11.6 Å². The fourth-order valence-corrected chi connectivity index (χ4v) is 1.50. The van der Waals surface area contributed by atoms with E-state index in [0.29, 0.717) is 17.4 Å². The maximum atomic E-state index is 5.69. The molecular weight excluding hydrogens is 218 g/mol. The molecule has 0 bridgehead atoms. The lowest BCUT2D eigenvalue weighted by atomic mass is 10.3. The first kappa shape index (κ1) is 11.3. The van der Waals surface area contributed by atoms with Gasteiger partial charge in [0.15, 0.2) is 0 Å². The number of ether oxygens (including phenoxy) is 1. The second-order valence-corrected chi connectivity index (χ2v) is 3.64. The van der Waals surface area contributed by atoms with Gasteiger partial charge in [-0.15, -0.1) is 0 Å². The highest BCUT2D eigenvalue weighted by Crippen LogP contribution is 2.22. The largest absolute Gasteiger partial charge is 0.479 e. The molecule has 0 fully saturated rings. The first-order valence-corrected chi connectivity index (χ1v) is 5.27. The Morgan fingerprint density at radius 2 is 2.29 bits per heavy atom. The van der Waals surface area contributed by atoms with Crippen LogP contribution in [-0.4, -0.2) is 22.1 Å². The Morgan fingerprint density at radius 3 is 2.94 bits per heavy atom. The predicted molar refractivity (Wildman–Crippen MR) is 65.8 cm³/mol. The number of nitrogens with two attached hydrogens (primary N) is 1. The van der Waals surface area contributed by atoms with E-state index >= 15 is 0 Å². The molecule has 2 aromatic rings. The summed E-state index contributed by atoms with van der Waals surface area (Å²) < 4.78 is 5.06. The number of nitrogen functional groups attached to an aromatic ring is 1. The van der Waals surface area contributed by atoms with Crippen LogP contribution in [0.4, 0.5) is 11.5 Å². The summed E-state index contributed by atoms with van der Waals surface area (Å²) >= 11 is 0. The fourth-order valence-electron chi connectivity index (χ4n) is 1.50. The van der Waals surface area contributed by atoms with Crippen molar-refractivity contribution in [3.8, 4) is 5.88 Å². The number of aromatic nitrogens is 3. The quantitative estimate of drug-likeness (QED) is 0.745. The minimum absolute atomic E-state index is 0.0332. The predicted octanol–water partition coefficient (Wildman–Crippen LogP) is 1.57. The van der Waals surface area contributed by atoms with Crippen molar-refractivity contribution in [3.05, 3.63) is 30.4 Å². The van der Waals surface area contributed by atoms with Gasteiger partial charge in [0.25, 0.3) is 0 Å². The molecule has 6 heteroatoms. The van der Waals surface area contributed by atoms with E-state index in [2.05, 4.69) is 20.3 Å². The van der Waals surface area contributed by atoms with Gasteiger partial charge in [0.05, 0.1) is 18.8 Å². The van der Waals surface area contributed by atoms with Crippen molar-refractivity contribution < 1.29 is 4.74 Å². The van der Waals surface area contributed by atoms with Crippen LogP contribution in [0.25, 0.3) is 0 Å². The minimum atomic E-state index is 0.0332. The Labute approximate surface area is 99.2 Å². The molecule has 2 aromatic heterocycles. The van der Waals surface area contributed by atoms with Gasteiger partial charge in [-0.25, -0.2) is 4.98 Å². The van der Waals surface area contributed by atoms with Crippen LogP contribution in [0.3, 0.4) is 0 Å². The number of nitrogens with one attached hydrogen (secondary N) is 2. The third-order valence-corrected chi connectivity index (χ3v) is 2.38. The molecule has 0 saturated heterocycles. The lowest BCUT2D eigenvalue weighted by molar-refractivity contribution is 0.400. The molecule has 17 heavy (non-hydrogen) atoms. The second-order valence-electron chi connectivity index (χ2n) is 3.64. The number of aromatic amines is 1. The normalized spacial score (nSPS) is 12.1. The van der Waals surface area contributed by atoms with Gasteiger partial charge >= 0.3 is 0 Å². The molecular formula is C11H15N5O. The van der Waals surface area contributed by atoms with Crippen molar-refractivity contribution in [1.82, 2.24) is 15.0 Å². The van der Waals surface area contributed by atoms with Crippen molar-refractivity contribution in [1.29, 1.82) is 0 Å². The van der Waals surface area contributed by atoms with Gasteiger partial charge in [-0.05, 0) is 19.1 Å². The summed E-state index contributed by atoms with van der Waals surface area (Å²) in [5.74, 6) is 1.96. The highest BCUT2D eigenvalue weighted by Gasteiger charge is 2.09. The number of hydrogen-bond acceptors (Lipinski definition) is 5. The summed E-state index contributed by atoms with van der Waals surface area (Å²) in [7, 11) is 1.54. The highest BCUT2D eigenvalue weighted by molar-refractivity contribution is 5.53. The van der Waals surface area contributed by atoms with E-state index in [0.717, 1.165) is 5.82 Å². The average Bonchev–Trinajstić information content (AvgIpc) is 2.85. The van der Waals surface area contributed by atoms with E-state index in [9.17, 15) is 0 Å². The van der Waals surface area contributed by atoms with E-state index in [1.807, 2.05) is 6.92 Å². The Morgan fingerprint density at radius 1 is 1.47 bits per heavy atom. The molecule has 0 aromatic carbocycles. The van der Waals surface area contributed by atoms with Crippen LogP contribution < -0.4 is 15.8 Å². The number of hydrogen-bond donors (Lipinski definition) is 3. The van der Waals surface area contributed by atoms with Crippen LogP contribution in [0, 0.1) is 0 Å². The maximum absolute atomic E-state index is 5.69. The SMILES string of the molecule is COc1nc(NC(C)c2ncc[nH]2)ccc1N. The monoisotopic (exact) mass is 233 g/mol. The maximum Gasteiger partial charge on any atom is 0.238 e. The zero-order valence-corrected chi connectivity index (χ0v) is 9.77. The van der Waals surface area contributed by atoms with Crippen molar-refractivity contribution in [2.45, 2.75) is 13.0 Å². The fraction of sp³-hybridized carbons (Fsp3) is 0.273. The number of H-pyrrole nitrogens is 1. The molecule has 0 aliphatic heterocycles. The third kappa shape index (κ3) is 2.47. The van der Waals surface area contributed by atoms with Gasteiger partial charge < -0.3 is 20.8 Å². The molecule has 4 N–H and O–H groups in total. The van der Waals surface area contributed by atoms with Crippen molar-refractivity contribution in [2.24, 2.45) is 0 Å². The standard InChI is InChI=1S/C11H15N5O/c1-7(10-13-5-6-14-10)15-9-4-3-8(12)11(16-9)17-2/h3-7H,12H2,1-2H3,(H,13,14)(H,15,16). The van der Waals surface area contributed by atoms with E-state index in [1.54, 1.807) is 31.6 Å². The zero-order chi connectivity index (χ0) is 12.3. The van der Waals surface area contributed by atoms with E-state index in [4.69, 9.17) is 10.5 Å². The number of rotatable bonds is 4. The zero-order valence-electron chi connectivity index (χ0n) is 9.77. The van der Waals surface area contributed by atoms with E-state index in [1.165, 1.54) is 0 Å². The molecule has 0 aliphatic rings. The molecule has 90 valence electrons. The highest BCUT2D eigenvalue weighted by atomic mass is 16.5. The smallest absolute Gasteiger partial charge is 0.238 e. The molecule has 6 nitrogen and oxygen atoms in total. The molecule has 2 heterocycles. The van der Waals surface area contributed by atoms with Crippen molar-refractivity contribution in [3.63, 3.8) is 0 Å². The van der Waals surface area contributed by atoms with Crippen molar-refractivity contribution in [2.75, 3.05) is 18.2 Å². The number of imidazole rings is 1. The molecule has 0 spiro atoms. The molecule has 0 aliphatic carbocycles. The Kier molecular flexibility index (Phi) is 3.13. The van der Waals surface area contributed by atoms with Gasteiger partial charge in [0, 0.05) is 12.4 Å². The number of anilines is 2. The van der Waals surface area contributed by atoms with Crippen LogP contribution in [0.1, 0.15) is 18.8 Å². The van der Waals surface area contributed by atoms with Crippen molar-refractivity contribution >= 4 is 11.5 Å². The van der Waals surface area contributed by atoms with Gasteiger partial charge in [-0.1, -0.05) is 0 Å². The van der Waals surface area contributed by atoms with E-state index in [-0.39, 0.29) is 6.04 Å². The molecule has 0 radical (unpaired) electrons. The van der Waals surface area contributed by atoms with Crippen LogP contribution in [-0.2, 0) is 0 Å². The third-order valence-electron chi connectivity index (χ3n) is 2.38. The molecule has 2 rings (SSSR count). The molecule has 1 atom stereocenters. The lowest BCUT2D eigenvalue weighted by Crippen LogP contribution is -2.10. The Balaban J connectivity index is 2.13. The molecule has 0 saturated carbocycles. The Bertz CT molecular complexity index is 483. The van der Waals surface area contributed by atoms with Crippen LogP contribution in [0.2, 0.25) is 0 Å². The van der Waals surface area contributed by atoms with Crippen LogP contribution >= 0.6 is 0 Å². The van der Waals surface area contributed by atoms with Gasteiger partial charge in [-0.2, -0.15) is 4.98 Å². The minimum Gasteiger partial charge on any atom is -0.479 e. The Hall–Kier alpha value is -2.24.